The molecule has 168 valence electrons. The number of aliphatic hydroxyl groups excluding tert-OH is 1. The quantitative estimate of drug-likeness (QED) is 0.770. The highest BCUT2D eigenvalue weighted by Gasteiger charge is 2.51. The molecule has 5 rings (SSSR count). The summed E-state index contributed by atoms with van der Waals surface area (Å²) in [6.45, 7) is 2.06. The van der Waals surface area contributed by atoms with E-state index in [0.29, 0.717) is 13.0 Å². The highest BCUT2D eigenvalue weighted by Crippen LogP contribution is 2.50. The van der Waals surface area contributed by atoms with Gasteiger partial charge in [0, 0.05) is 31.4 Å². The third-order valence-electron chi connectivity index (χ3n) is 6.74. The number of rotatable bonds is 3. The molecular formula is C23H25FN4O3S. The van der Waals surface area contributed by atoms with Crippen LogP contribution in [0.15, 0.2) is 52.4 Å². The smallest absolute Gasteiger partial charge is 0.278 e. The fourth-order valence-electron chi connectivity index (χ4n) is 5.15. The number of halogens is 1. The summed E-state index contributed by atoms with van der Waals surface area (Å²) in [7, 11) is -1.95. The van der Waals surface area contributed by atoms with Gasteiger partial charge in [0.2, 0.25) is 0 Å². The van der Waals surface area contributed by atoms with E-state index in [4.69, 9.17) is 0 Å². The first kappa shape index (κ1) is 21.2. The number of nitrogens with zero attached hydrogens (tertiary/aromatic N) is 4. The minimum atomic E-state index is -3.88. The third kappa shape index (κ3) is 3.27. The van der Waals surface area contributed by atoms with Crippen LogP contribution in [0.3, 0.4) is 0 Å². The molecule has 32 heavy (non-hydrogen) atoms. The number of anilines is 1. The summed E-state index contributed by atoms with van der Waals surface area (Å²) in [6, 6.07) is 11.2. The first-order valence-electron chi connectivity index (χ1n) is 10.7. The number of hydrogen-bond acceptors (Lipinski definition) is 6. The summed E-state index contributed by atoms with van der Waals surface area (Å²) in [6.07, 6.45) is 2.17. The summed E-state index contributed by atoms with van der Waals surface area (Å²) in [5.74, 6) is -0.378. The Morgan fingerprint density at radius 1 is 1.16 bits per heavy atom. The average molecular weight is 457 g/mol. The highest BCUT2D eigenvalue weighted by atomic mass is 32.2. The highest BCUT2D eigenvalue weighted by molar-refractivity contribution is 8.04. The van der Waals surface area contributed by atoms with Crippen molar-refractivity contribution in [2.75, 3.05) is 25.1 Å². The Morgan fingerprint density at radius 3 is 2.53 bits per heavy atom. The van der Waals surface area contributed by atoms with Crippen molar-refractivity contribution in [2.24, 2.45) is 15.9 Å². The second-order valence-electron chi connectivity index (χ2n) is 8.58. The second kappa shape index (κ2) is 7.75. The van der Waals surface area contributed by atoms with Gasteiger partial charge in [-0.1, -0.05) is 18.2 Å². The van der Waals surface area contributed by atoms with Gasteiger partial charge in [-0.25, -0.2) is 22.8 Å². The van der Waals surface area contributed by atoms with Crippen molar-refractivity contribution in [1.82, 2.24) is 4.31 Å². The van der Waals surface area contributed by atoms with Crippen LogP contribution in [0, 0.1) is 11.7 Å². The number of benzene rings is 2. The first-order valence-corrected chi connectivity index (χ1v) is 12.1. The molecule has 1 N–H and O–H groups in total. The normalized spacial score (nSPS) is 27.4. The number of aliphatic hydroxyl groups is 1. The van der Waals surface area contributed by atoms with Crippen molar-refractivity contribution in [2.45, 2.75) is 31.5 Å². The minimum Gasteiger partial charge on any atom is -0.394 e. The maximum Gasteiger partial charge on any atom is 0.278 e. The molecule has 3 heterocycles. The molecule has 0 radical (unpaired) electrons. The summed E-state index contributed by atoms with van der Waals surface area (Å²) in [5.41, 5.74) is 3.49. The van der Waals surface area contributed by atoms with E-state index in [9.17, 15) is 17.9 Å². The zero-order valence-corrected chi connectivity index (χ0v) is 18.7. The van der Waals surface area contributed by atoms with Gasteiger partial charge in [0.05, 0.1) is 24.7 Å². The summed E-state index contributed by atoms with van der Waals surface area (Å²) >= 11 is 0. The predicted octanol–water partition coefficient (Wildman–Crippen LogP) is 2.83. The summed E-state index contributed by atoms with van der Waals surface area (Å²) in [4.78, 5) is 10.3. The lowest BCUT2D eigenvalue weighted by Gasteiger charge is -2.44. The van der Waals surface area contributed by atoms with E-state index in [1.165, 1.54) is 22.7 Å². The molecule has 1 saturated heterocycles. The number of fused-ring (bicyclic) bond motifs is 3. The Labute approximate surface area is 187 Å². The summed E-state index contributed by atoms with van der Waals surface area (Å²) < 4.78 is 41.9. The number of amidine groups is 1. The van der Waals surface area contributed by atoms with Crippen LogP contribution < -0.4 is 4.90 Å². The van der Waals surface area contributed by atoms with Crippen molar-refractivity contribution < 1.29 is 17.9 Å². The van der Waals surface area contributed by atoms with Crippen molar-refractivity contribution in [1.29, 1.82) is 0 Å². The molecule has 0 saturated carbocycles. The van der Waals surface area contributed by atoms with Crippen LogP contribution in [0.5, 0.6) is 0 Å². The molecule has 7 nitrogen and oxygen atoms in total. The fraction of sp³-hybridized carbons (Fsp3) is 0.391. The number of sulfonamides is 1. The molecule has 0 spiro atoms. The minimum absolute atomic E-state index is 0.0686. The van der Waals surface area contributed by atoms with Crippen molar-refractivity contribution in [3.63, 3.8) is 0 Å². The molecule has 1 fully saturated rings. The lowest BCUT2D eigenvalue weighted by molar-refractivity contribution is 0.193. The molecule has 1 unspecified atom stereocenters. The number of likely N-dealkylation sites (N-methyl/N-ethyl adjacent to an activating group) is 1. The second-order valence-corrected chi connectivity index (χ2v) is 10.4. The number of aliphatic imine (C=N–C) groups is 2. The van der Waals surface area contributed by atoms with Crippen molar-refractivity contribution >= 4 is 27.1 Å². The Kier molecular flexibility index (Phi) is 5.15. The van der Waals surface area contributed by atoms with Crippen LogP contribution in [0.4, 0.5) is 10.1 Å². The first-order chi connectivity index (χ1) is 15.3. The lowest BCUT2D eigenvalue weighted by atomic mass is 9.81. The monoisotopic (exact) mass is 456 g/mol. The van der Waals surface area contributed by atoms with E-state index in [-0.39, 0.29) is 35.6 Å². The van der Waals surface area contributed by atoms with E-state index in [2.05, 4.69) is 9.98 Å². The Balaban J connectivity index is 1.63. The third-order valence-corrected chi connectivity index (χ3v) is 8.43. The molecule has 0 aliphatic carbocycles. The predicted molar refractivity (Wildman–Crippen MR) is 123 cm³/mol. The molecule has 0 aromatic heterocycles. The number of hydrogen-bond donors (Lipinski definition) is 1. The Bertz CT molecular complexity index is 1210. The van der Waals surface area contributed by atoms with Gasteiger partial charge in [-0.15, -0.1) is 0 Å². The fourth-order valence-corrected chi connectivity index (χ4v) is 6.77. The van der Waals surface area contributed by atoms with Gasteiger partial charge >= 0.3 is 0 Å². The standard InChI is InChI=1S/C23H25FN4O3S/c1-14-12-25-23(26-14)32(30,31)28-10-9-18-21(13-29)27(2)20-8-5-16(11-19(20)22(18)28)15-3-6-17(24)7-4-15/h3-8,11-12,14,18,21-22,29H,9-10,13H2,1-2H3/t14?,18-,21+,22-/m1/s1. The molecular weight excluding hydrogens is 431 g/mol. The Morgan fingerprint density at radius 2 is 1.88 bits per heavy atom. The molecule has 9 heteroatoms. The molecule has 2 aromatic rings. The molecule has 0 bridgehead atoms. The molecule has 3 aliphatic rings. The van der Waals surface area contributed by atoms with Gasteiger partial charge in [0.25, 0.3) is 15.2 Å². The summed E-state index contributed by atoms with van der Waals surface area (Å²) in [5, 5.41) is 9.98. The van der Waals surface area contributed by atoms with Gasteiger partial charge in [0.1, 0.15) is 5.82 Å². The molecule has 3 aliphatic heterocycles. The maximum atomic E-state index is 13.5. The van der Waals surface area contributed by atoms with Gasteiger partial charge in [-0.05, 0) is 54.3 Å². The van der Waals surface area contributed by atoms with E-state index in [0.717, 1.165) is 22.4 Å². The van der Waals surface area contributed by atoms with Gasteiger partial charge in [-0.3, -0.25) is 0 Å². The van der Waals surface area contributed by atoms with E-state index >= 15 is 0 Å². The van der Waals surface area contributed by atoms with Crippen molar-refractivity contribution in [3.05, 3.63) is 53.8 Å². The van der Waals surface area contributed by atoms with Crippen LogP contribution in [-0.4, -0.2) is 61.5 Å². The molecule has 4 atom stereocenters. The van der Waals surface area contributed by atoms with Crippen LogP contribution in [0.25, 0.3) is 11.1 Å². The largest absolute Gasteiger partial charge is 0.394 e. The maximum absolute atomic E-state index is 13.5. The van der Waals surface area contributed by atoms with Crippen LogP contribution >= 0.6 is 0 Å². The van der Waals surface area contributed by atoms with Gasteiger partial charge < -0.3 is 10.0 Å². The van der Waals surface area contributed by atoms with Crippen LogP contribution in [0.2, 0.25) is 0 Å². The van der Waals surface area contributed by atoms with E-state index in [1.807, 2.05) is 30.1 Å². The van der Waals surface area contributed by atoms with Gasteiger partial charge in [0.15, 0.2) is 0 Å². The lowest BCUT2D eigenvalue weighted by Crippen LogP contribution is -2.48. The topological polar surface area (TPSA) is 85.6 Å². The Hall–Kier alpha value is -2.62. The molecule has 2 aromatic carbocycles. The zero-order chi connectivity index (χ0) is 22.6. The zero-order valence-electron chi connectivity index (χ0n) is 17.9. The van der Waals surface area contributed by atoms with Crippen LogP contribution in [0.1, 0.15) is 24.9 Å². The SMILES string of the molecule is CC1C=NC(S(=O)(=O)N2CC[C@@H]3[C@H](CO)N(C)c4ccc(-c5ccc(F)cc5)cc4[C@@H]32)=N1. The van der Waals surface area contributed by atoms with Crippen LogP contribution in [-0.2, 0) is 10.0 Å². The van der Waals surface area contributed by atoms with Crippen molar-refractivity contribution in [3.8, 4) is 11.1 Å². The van der Waals surface area contributed by atoms with E-state index < -0.39 is 16.1 Å². The molecule has 0 amide bonds. The average Bonchev–Trinajstić information content (AvgIpc) is 3.42. The van der Waals surface area contributed by atoms with E-state index in [1.54, 1.807) is 19.1 Å². The van der Waals surface area contributed by atoms with Gasteiger partial charge in [-0.2, -0.15) is 4.31 Å².